The highest BCUT2D eigenvalue weighted by molar-refractivity contribution is 7.89. The van der Waals surface area contributed by atoms with E-state index in [1.807, 2.05) is 30.3 Å². The van der Waals surface area contributed by atoms with Crippen molar-refractivity contribution < 1.29 is 17.5 Å². The van der Waals surface area contributed by atoms with Crippen LogP contribution in [0.5, 0.6) is 0 Å². The van der Waals surface area contributed by atoms with Crippen LogP contribution >= 0.6 is 0 Å². The van der Waals surface area contributed by atoms with Gasteiger partial charge in [0.25, 0.3) is 0 Å². The highest BCUT2D eigenvalue weighted by Crippen LogP contribution is 2.22. The molecule has 2 aromatic rings. The van der Waals surface area contributed by atoms with E-state index in [1.54, 1.807) is 12.1 Å². The number of halogens is 1. The van der Waals surface area contributed by atoms with E-state index in [0.717, 1.165) is 11.1 Å². The average molecular weight is 392 g/mol. The summed E-state index contributed by atoms with van der Waals surface area (Å²) in [5.74, 6) is -0.265. The minimum atomic E-state index is -3.41. The zero-order valence-corrected chi connectivity index (χ0v) is 16.0. The number of hydrogen-bond donors (Lipinski definition) is 1. The monoisotopic (exact) mass is 392 g/mol. The smallest absolute Gasteiger partial charge is 0.211 e. The van der Waals surface area contributed by atoms with Gasteiger partial charge in [-0.05, 0) is 29.7 Å². The highest BCUT2D eigenvalue weighted by atomic mass is 32.2. The Morgan fingerprint density at radius 2 is 1.70 bits per heavy atom. The Labute approximate surface area is 160 Å². The van der Waals surface area contributed by atoms with Crippen LogP contribution < -0.4 is 4.72 Å². The topological polar surface area (TPSA) is 58.6 Å². The van der Waals surface area contributed by atoms with Crippen molar-refractivity contribution in [3.05, 3.63) is 71.5 Å². The quantitative estimate of drug-likeness (QED) is 0.749. The van der Waals surface area contributed by atoms with Crippen LogP contribution in [0.1, 0.15) is 17.2 Å². The van der Waals surface area contributed by atoms with Gasteiger partial charge in [-0.1, -0.05) is 42.5 Å². The van der Waals surface area contributed by atoms with Gasteiger partial charge in [0.15, 0.2) is 0 Å². The van der Waals surface area contributed by atoms with Crippen molar-refractivity contribution in [3.63, 3.8) is 0 Å². The Bertz CT molecular complexity index is 807. The number of hydrogen-bond acceptors (Lipinski definition) is 4. The fraction of sp³-hybridized carbons (Fsp3) is 0.400. The summed E-state index contributed by atoms with van der Waals surface area (Å²) in [5.41, 5.74) is 1.88. The molecule has 3 rings (SSSR count). The number of ether oxygens (including phenoxy) is 1. The molecule has 1 aliphatic rings. The van der Waals surface area contributed by atoms with Crippen molar-refractivity contribution in [2.75, 3.05) is 38.6 Å². The third kappa shape index (κ3) is 6.10. The molecule has 5 nitrogen and oxygen atoms in total. The van der Waals surface area contributed by atoms with Gasteiger partial charge in [-0.3, -0.25) is 4.90 Å². The van der Waals surface area contributed by atoms with Crippen molar-refractivity contribution >= 4 is 10.0 Å². The van der Waals surface area contributed by atoms with Crippen molar-refractivity contribution in [2.24, 2.45) is 0 Å². The van der Waals surface area contributed by atoms with Crippen LogP contribution in [0.3, 0.4) is 0 Å². The SMILES string of the molecule is O=S(=O)(CCc1ccccc1)NC[C@H](c1ccc(F)cc1)N1CCOCC1. The summed E-state index contributed by atoms with van der Waals surface area (Å²) >= 11 is 0. The van der Waals surface area contributed by atoms with Gasteiger partial charge >= 0.3 is 0 Å². The molecular weight excluding hydrogens is 367 g/mol. The zero-order chi connectivity index (χ0) is 19.1. The fourth-order valence-corrected chi connectivity index (χ4v) is 4.27. The van der Waals surface area contributed by atoms with Crippen LogP contribution in [0.25, 0.3) is 0 Å². The molecule has 7 heteroatoms. The maximum atomic E-state index is 13.3. The molecule has 0 radical (unpaired) electrons. The summed E-state index contributed by atoms with van der Waals surface area (Å²) in [6.07, 6.45) is 0.467. The second-order valence-electron chi connectivity index (χ2n) is 6.62. The predicted molar refractivity (Wildman–Crippen MR) is 103 cm³/mol. The highest BCUT2D eigenvalue weighted by Gasteiger charge is 2.24. The van der Waals surface area contributed by atoms with Crippen molar-refractivity contribution in [2.45, 2.75) is 12.5 Å². The summed E-state index contributed by atoms with van der Waals surface area (Å²) in [6, 6.07) is 15.7. The number of aryl methyl sites for hydroxylation is 1. The van der Waals surface area contributed by atoms with Crippen LogP contribution in [-0.2, 0) is 21.2 Å². The zero-order valence-electron chi connectivity index (χ0n) is 15.2. The molecule has 1 heterocycles. The molecule has 2 aromatic carbocycles. The minimum Gasteiger partial charge on any atom is -0.379 e. The molecule has 1 N–H and O–H groups in total. The van der Waals surface area contributed by atoms with Gasteiger partial charge in [-0.2, -0.15) is 0 Å². The first kappa shape index (κ1) is 19.9. The number of rotatable bonds is 8. The van der Waals surface area contributed by atoms with E-state index >= 15 is 0 Å². The first-order chi connectivity index (χ1) is 13.0. The van der Waals surface area contributed by atoms with Crippen LogP contribution in [0.2, 0.25) is 0 Å². The van der Waals surface area contributed by atoms with Crippen LogP contribution in [0.15, 0.2) is 54.6 Å². The van der Waals surface area contributed by atoms with E-state index in [4.69, 9.17) is 4.74 Å². The summed E-state index contributed by atoms with van der Waals surface area (Å²) in [6.45, 7) is 2.90. The van der Waals surface area contributed by atoms with Crippen LogP contribution in [0, 0.1) is 5.82 Å². The van der Waals surface area contributed by atoms with Gasteiger partial charge in [-0.25, -0.2) is 17.5 Å². The van der Waals surface area contributed by atoms with Crippen molar-refractivity contribution in [1.29, 1.82) is 0 Å². The lowest BCUT2D eigenvalue weighted by Gasteiger charge is -2.34. The molecule has 1 aliphatic heterocycles. The molecule has 27 heavy (non-hydrogen) atoms. The van der Waals surface area contributed by atoms with E-state index in [-0.39, 0.29) is 24.2 Å². The normalized spacial score (nSPS) is 16.9. The maximum Gasteiger partial charge on any atom is 0.211 e. The Kier molecular flexibility index (Phi) is 6.95. The average Bonchev–Trinajstić information content (AvgIpc) is 2.70. The predicted octanol–water partition coefficient (Wildman–Crippen LogP) is 2.36. The third-order valence-electron chi connectivity index (χ3n) is 4.74. The van der Waals surface area contributed by atoms with Crippen molar-refractivity contribution in [3.8, 4) is 0 Å². The van der Waals surface area contributed by atoms with Gasteiger partial charge < -0.3 is 4.74 Å². The van der Waals surface area contributed by atoms with Gasteiger partial charge in [0.05, 0.1) is 19.0 Å². The van der Waals surface area contributed by atoms with Crippen molar-refractivity contribution in [1.82, 2.24) is 9.62 Å². The summed E-state index contributed by atoms with van der Waals surface area (Å²) in [7, 11) is -3.41. The number of nitrogens with zero attached hydrogens (tertiary/aromatic N) is 1. The molecule has 1 saturated heterocycles. The van der Waals surface area contributed by atoms with Gasteiger partial charge in [0.2, 0.25) is 10.0 Å². The summed E-state index contributed by atoms with van der Waals surface area (Å²) in [5, 5.41) is 0. The van der Waals surface area contributed by atoms with Crippen LogP contribution in [0.4, 0.5) is 4.39 Å². The van der Waals surface area contributed by atoms with Gasteiger partial charge in [-0.15, -0.1) is 0 Å². The number of nitrogens with one attached hydrogen (secondary N) is 1. The van der Waals surface area contributed by atoms with Gasteiger partial charge in [0, 0.05) is 25.7 Å². The lowest BCUT2D eigenvalue weighted by atomic mass is 10.0. The Hall–Kier alpha value is -1.80. The Balaban J connectivity index is 1.65. The Morgan fingerprint density at radius 1 is 1.04 bits per heavy atom. The summed E-state index contributed by atoms with van der Waals surface area (Å²) < 4.78 is 46.3. The molecule has 0 amide bonds. The van der Waals surface area contributed by atoms with Crippen LogP contribution in [-0.4, -0.2) is 51.9 Å². The number of benzene rings is 2. The first-order valence-corrected chi connectivity index (χ1v) is 10.8. The largest absolute Gasteiger partial charge is 0.379 e. The standard InChI is InChI=1S/C20H25FN2O3S/c21-19-8-6-18(7-9-19)20(23-11-13-26-14-12-23)16-22-27(24,25)15-10-17-4-2-1-3-5-17/h1-9,20,22H,10-16H2/t20-/m1/s1. The van der Waals surface area contributed by atoms with E-state index in [1.165, 1.54) is 12.1 Å². The molecule has 0 saturated carbocycles. The van der Waals surface area contributed by atoms with E-state index in [9.17, 15) is 12.8 Å². The fourth-order valence-electron chi connectivity index (χ4n) is 3.21. The Morgan fingerprint density at radius 3 is 2.37 bits per heavy atom. The van der Waals surface area contributed by atoms with E-state index < -0.39 is 10.0 Å². The van der Waals surface area contributed by atoms with E-state index in [0.29, 0.717) is 32.7 Å². The second-order valence-corrected chi connectivity index (χ2v) is 8.55. The molecule has 0 aromatic heterocycles. The van der Waals surface area contributed by atoms with Gasteiger partial charge in [0.1, 0.15) is 5.82 Å². The lowest BCUT2D eigenvalue weighted by Crippen LogP contribution is -2.44. The first-order valence-electron chi connectivity index (χ1n) is 9.12. The van der Waals surface area contributed by atoms with E-state index in [2.05, 4.69) is 9.62 Å². The number of morpholine rings is 1. The second kappa shape index (κ2) is 9.41. The molecule has 0 bridgehead atoms. The molecule has 0 unspecified atom stereocenters. The molecule has 0 aliphatic carbocycles. The third-order valence-corrected chi connectivity index (χ3v) is 6.09. The maximum absolute atomic E-state index is 13.3. The number of sulfonamides is 1. The minimum absolute atomic E-state index is 0.0380. The molecular formula is C20H25FN2O3S. The molecule has 0 spiro atoms. The molecule has 146 valence electrons. The molecule has 1 atom stereocenters. The molecule has 1 fully saturated rings. The lowest BCUT2D eigenvalue weighted by molar-refractivity contribution is 0.0172. The summed E-state index contributed by atoms with van der Waals surface area (Å²) in [4.78, 5) is 2.18.